The number of hydrogen-bond acceptors (Lipinski definition) is 4. The number of rotatable bonds is 6. The van der Waals surface area contributed by atoms with Gasteiger partial charge < -0.3 is 4.74 Å². The van der Waals surface area contributed by atoms with E-state index in [1.165, 1.54) is 6.07 Å². The highest BCUT2D eigenvalue weighted by Gasteiger charge is 2.61. The van der Waals surface area contributed by atoms with Crippen molar-refractivity contribution in [1.29, 1.82) is 5.26 Å². The zero-order chi connectivity index (χ0) is 26.2. The summed E-state index contributed by atoms with van der Waals surface area (Å²) in [5.41, 5.74) is -1.48. The normalized spacial score (nSPS) is 24.7. The summed E-state index contributed by atoms with van der Waals surface area (Å²) in [7, 11) is 0. The van der Waals surface area contributed by atoms with E-state index in [-0.39, 0.29) is 16.0 Å². The van der Waals surface area contributed by atoms with E-state index in [1.807, 2.05) is 6.07 Å². The lowest BCUT2D eigenvalue weighted by Gasteiger charge is -2.38. The molecule has 3 rings (SSSR count). The van der Waals surface area contributed by atoms with Gasteiger partial charge in [0.1, 0.15) is 22.9 Å². The van der Waals surface area contributed by atoms with Crippen molar-refractivity contribution < 1.29 is 13.9 Å². The van der Waals surface area contributed by atoms with Gasteiger partial charge in [0, 0.05) is 27.6 Å². The number of ether oxygens (including phenoxy) is 1. The van der Waals surface area contributed by atoms with E-state index in [0.29, 0.717) is 17.0 Å². The summed E-state index contributed by atoms with van der Waals surface area (Å²) in [5, 5.41) is 15.0. The van der Waals surface area contributed by atoms with Crippen molar-refractivity contribution in [1.82, 2.24) is 5.32 Å². The van der Waals surface area contributed by atoms with Crippen LogP contribution in [-0.2, 0) is 14.9 Å². The van der Waals surface area contributed by atoms with Crippen molar-refractivity contribution in [3.05, 3.63) is 69.5 Å². The Bertz CT molecular complexity index is 1140. The minimum Gasteiger partial charge on any atom is -0.459 e. The van der Waals surface area contributed by atoms with Gasteiger partial charge in [0.2, 0.25) is 0 Å². The van der Waals surface area contributed by atoms with Crippen LogP contribution in [0.25, 0.3) is 0 Å². The Morgan fingerprint density at radius 1 is 1.14 bits per heavy atom. The van der Waals surface area contributed by atoms with Gasteiger partial charge in [-0.05, 0) is 62.4 Å². The van der Waals surface area contributed by atoms with Gasteiger partial charge >= 0.3 is 5.97 Å². The fourth-order valence-corrected chi connectivity index (χ4v) is 5.31. The van der Waals surface area contributed by atoms with Gasteiger partial charge in [-0.25, -0.2) is 4.39 Å². The summed E-state index contributed by atoms with van der Waals surface area (Å²) >= 11 is 12.4. The molecule has 1 fully saturated rings. The molecule has 2 aromatic carbocycles. The lowest BCUT2D eigenvalue weighted by Crippen LogP contribution is -2.45. The predicted octanol–water partition coefficient (Wildman–Crippen LogP) is 7.19. The average Bonchev–Trinajstić information content (AvgIpc) is 3.07. The first-order valence-corrected chi connectivity index (χ1v) is 12.6. The summed E-state index contributed by atoms with van der Waals surface area (Å²) in [5.74, 6) is -1.83. The summed E-state index contributed by atoms with van der Waals surface area (Å²) in [6.07, 6.45) is 1.38. The number of halogens is 3. The third-order valence-corrected chi connectivity index (χ3v) is 7.37. The summed E-state index contributed by atoms with van der Waals surface area (Å²) < 4.78 is 21.4. The molecule has 1 heterocycles. The van der Waals surface area contributed by atoms with Crippen molar-refractivity contribution in [3.63, 3.8) is 0 Å². The van der Waals surface area contributed by atoms with Gasteiger partial charge in [-0.2, -0.15) is 5.26 Å². The lowest BCUT2D eigenvalue weighted by atomic mass is 9.62. The summed E-state index contributed by atoms with van der Waals surface area (Å²) in [4.78, 5) is 13.5. The monoisotopic (exact) mass is 518 g/mol. The third kappa shape index (κ3) is 5.66. The van der Waals surface area contributed by atoms with Crippen LogP contribution in [0, 0.1) is 22.6 Å². The van der Waals surface area contributed by atoms with E-state index >= 15 is 4.39 Å². The maximum absolute atomic E-state index is 15.6. The van der Waals surface area contributed by atoms with Crippen LogP contribution >= 0.6 is 23.2 Å². The van der Waals surface area contributed by atoms with Crippen molar-refractivity contribution in [2.75, 3.05) is 0 Å². The Labute approximate surface area is 217 Å². The molecule has 0 spiro atoms. The highest BCUT2D eigenvalue weighted by atomic mass is 35.5. The van der Waals surface area contributed by atoms with Crippen molar-refractivity contribution in [2.45, 2.75) is 83.4 Å². The predicted molar refractivity (Wildman–Crippen MR) is 138 cm³/mol. The number of esters is 1. The quantitative estimate of drug-likeness (QED) is 0.411. The molecule has 0 amide bonds. The smallest absolute Gasteiger partial charge is 0.324 e. The Morgan fingerprint density at radius 2 is 1.80 bits per heavy atom. The molecule has 4 nitrogen and oxygen atoms in total. The van der Waals surface area contributed by atoms with Crippen LogP contribution in [0.1, 0.15) is 71.4 Å². The van der Waals surface area contributed by atoms with E-state index < -0.39 is 40.8 Å². The molecule has 2 aromatic rings. The molecular weight excluding hydrogens is 486 g/mol. The van der Waals surface area contributed by atoms with Gasteiger partial charge in [-0.15, -0.1) is 0 Å². The van der Waals surface area contributed by atoms with E-state index in [9.17, 15) is 10.1 Å². The van der Waals surface area contributed by atoms with Crippen molar-refractivity contribution in [2.24, 2.45) is 5.41 Å². The third-order valence-electron chi connectivity index (χ3n) is 6.90. The molecule has 1 saturated heterocycles. The minimum atomic E-state index is -1.42. The number of benzene rings is 2. The average molecular weight is 519 g/mol. The number of carbonyl (C=O) groups is 1. The van der Waals surface area contributed by atoms with Gasteiger partial charge in [-0.3, -0.25) is 10.1 Å². The molecule has 0 saturated carbocycles. The minimum absolute atomic E-state index is 0.176. The SMILES string of the molecule is CCC(C)(C)C[C@@H]1N[C@@H](C(=O)OC(C)(C)C)[C@H](c2cccc(Cl)c2)[C@@]1(C#N)c1ccc(Cl)cc1F. The van der Waals surface area contributed by atoms with Gasteiger partial charge in [-0.1, -0.05) is 68.6 Å². The number of carbonyl (C=O) groups excluding carboxylic acids is 1. The molecule has 1 aliphatic heterocycles. The highest BCUT2D eigenvalue weighted by molar-refractivity contribution is 6.30. The molecule has 7 heteroatoms. The standard InChI is InChI=1S/C28H33Cl2FN2O2/c1-7-27(5,6)15-22-28(16-32,20-12-11-19(30)14-21(20)31)23(17-9-8-10-18(29)13-17)24(33-22)25(34)35-26(2,3)4/h8-14,22-24,33H,7,15H2,1-6H3/t22-,23-,24+,28-/m0/s1. The van der Waals surface area contributed by atoms with E-state index in [4.69, 9.17) is 27.9 Å². The van der Waals surface area contributed by atoms with E-state index in [0.717, 1.165) is 6.42 Å². The largest absolute Gasteiger partial charge is 0.459 e. The van der Waals surface area contributed by atoms with Crippen molar-refractivity contribution in [3.8, 4) is 6.07 Å². The van der Waals surface area contributed by atoms with E-state index in [2.05, 4.69) is 32.2 Å². The summed E-state index contributed by atoms with van der Waals surface area (Å²) in [6, 6.07) is 12.4. The lowest BCUT2D eigenvalue weighted by molar-refractivity contribution is -0.157. The molecule has 1 aliphatic rings. The van der Waals surface area contributed by atoms with Gasteiger partial charge in [0.25, 0.3) is 0 Å². The first-order valence-electron chi connectivity index (χ1n) is 11.9. The zero-order valence-electron chi connectivity index (χ0n) is 21.1. The van der Waals surface area contributed by atoms with Crippen LogP contribution < -0.4 is 5.32 Å². The fourth-order valence-electron chi connectivity index (χ4n) is 4.95. The van der Waals surface area contributed by atoms with Crippen molar-refractivity contribution >= 4 is 29.2 Å². The first-order chi connectivity index (χ1) is 16.2. The van der Waals surface area contributed by atoms with Crippen LogP contribution in [0.2, 0.25) is 10.0 Å². The second-order valence-corrected chi connectivity index (χ2v) is 12.0. The Morgan fingerprint density at radius 3 is 2.34 bits per heavy atom. The fraction of sp³-hybridized carbons (Fsp3) is 0.500. The molecule has 0 radical (unpaired) electrons. The van der Waals surface area contributed by atoms with Gasteiger partial charge in [0.15, 0.2) is 0 Å². The topological polar surface area (TPSA) is 62.1 Å². The first kappa shape index (κ1) is 27.5. The second-order valence-electron chi connectivity index (χ2n) is 11.1. The van der Waals surface area contributed by atoms with Crippen LogP contribution in [0.15, 0.2) is 42.5 Å². The number of nitrogens with one attached hydrogen (secondary N) is 1. The molecule has 0 bridgehead atoms. The maximum Gasteiger partial charge on any atom is 0.324 e. The van der Waals surface area contributed by atoms with E-state index in [1.54, 1.807) is 51.1 Å². The number of hydrogen-bond donors (Lipinski definition) is 1. The summed E-state index contributed by atoms with van der Waals surface area (Å²) in [6.45, 7) is 11.7. The maximum atomic E-state index is 15.6. The number of nitriles is 1. The molecular formula is C28H33Cl2FN2O2. The molecule has 0 unspecified atom stereocenters. The molecule has 1 N–H and O–H groups in total. The van der Waals surface area contributed by atoms with Gasteiger partial charge in [0.05, 0.1) is 6.07 Å². The Kier molecular flexibility index (Phi) is 7.91. The van der Waals surface area contributed by atoms with Crippen LogP contribution in [-0.4, -0.2) is 23.7 Å². The van der Waals surface area contributed by atoms with Crippen LogP contribution in [0.5, 0.6) is 0 Å². The van der Waals surface area contributed by atoms with Crippen LogP contribution in [0.3, 0.4) is 0 Å². The molecule has 4 atom stereocenters. The Balaban J connectivity index is 2.32. The van der Waals surface area contributed by atoms with Crippen LogP contribution in [0.4, 0.5) is 4.39 Å². The molecule has 0 aromatic heterocycles. The highest BCUT2D eigenvalue weighted by Crippen LogP contribution is 2.52. The molecule has 0 aliphatic carbocycles. The molecule has 35 heavy (non-hydrogen) atoms. The zero-order valence-corrected chi connectivity index (χ0v) is 22.6. The molecule has 188 valence electrons. The number of nitrogens with zero attached hydrogens (tertiary/aromatic N) is 1. The second kappa shape index (κ2) is 10.1. The Hall–Kier alpha value is -2.13.